The van der Waals surface area contributed by atoms with Crippen LogP contribution in [0.5, 0.6) is 0 Å². The summed E-state index contributed by atoms with van der Waals surface area (Å²) in [6, 6.07) is 14.7. The Hall–Kier alpha value is -4.34. The van der Waals surface area contributed by atoms with Crippen molar-refractivity contribution in [3.8, 4) is 5.69 Å². The van der Waals surface area contributed by atoms with Crippen molar-refractivity contribution in [2.24, 2.45) is 0 Å². The van der Waals surface area contributed by atoms with E-state index in [2.05, 4.69) is 15.5 Å². The molecular weight excluding hydrogens is 388 g/mol. The van der Waals surface area contributed by atoms with Crippen molar-refractivity contribution in [2.45, 2.75) is 13.5 Å². The van der Waals surface area contributed by atoms with Gasteiger partial charge in [0.25, 0.3) is 11.2 Å². The van der Waals surface area contributed by atoms with Gasteiger partial charge in [0.2, 0.25) is 5.91 Å². The molecule has 30 heavy (non-hydrogen) atoms. The molecule has 0 unspecified atom stereocenters. The minimum Gasteiger partial charge on any atom is -0.324 e. The molecule has 0 bridgehead atoms. The van der Waals surface area contributed by atoms with Gasteiger partial charge < -0.3 is 5.32 Å². The van der Waals surface area contributed by atoms with Gasteiger partial charge in [-0.3, -0.25) is 19.7 Å². The van der Waals surface area contributed by atoms with Gasteiger partial charge in [-0.1, -0.05) is 24.3 Å². The van der Waals surface area contributed by atoms with Crippen LogP contribution in [0.4, 0.5) is 11.4 Å². The molecule has 2 aromatic carbocycles. The summed E-state index contributed by atoms with van der Waals surface area (Å²) in [5, 5.41) is 22.6. The van der Waals surface area contributed by atoms with Gasteiger partial charge in [0.05, 0.1) is 22.5 Å². The Bertz CT molecular complexity index is 1330. The number of anilines is 1. The molecule has 0 aliphatic heterocycles. The fourth-order valence-electron chi connectivity index (χ4n) is 3.13. The highest BCUT2D eigenvalue weighted by Gasteiger charge is 2.17. The first-order valence-electron chi connectivity index (χ1n) is 8.99. The molecule has 0 atom stereocenters. The van der Waals surface area contributed by atoms with Gasteiger partial charge in [0.15, 0.2) is 0 Å². The second-order valence-corrected chi connectivity index (χ2v) is 6.56. The van der Waals surface area contributed by atoms with Crippen LogP contribution in [0, 0.1) is 17.0 Å². The van der Waals surface area contributed by atoms with Crippen LogP contribution in [-0.2, 0) is 11.3 Å². The Morgan fingerprint density at radius 3 is 2.67 bits per heavy atom. The maximum Gasteiger partial charge on any atom is 0.293 e. The van der Waals surface area contributed by atoms with Crippen molar-refractivity contribution < 1.29 is 9.72 Å². The zero-order valence-electron chi connectivity index (χ0n) is 15.8. The lowest BCUT2D eigenvalue weighted by Crippen LogP contribution is -2.31. The number of aromatic nitrogens is 4. The molecule has 0 radical (unpaired) electrons. The number of aryl methyl sites for hydroxylation is 1. The Morgan fingerprint density at radius 2 is 1.93 bits per heavy atom. The molecule has 150 valence electrons. The highest BCUT2D eigenvalue weighted by molar-refractivity contribution is 5.91. The first kappa shape index (κ1) is 19.0. The number of nitrogens with zero attached hydrogens (tertiary/aromatic N) is 5. The lowest BCUT2D eigenvalue weighted by atomic mass is 10.2. The number of carbonyl (C=O) groups is 1. The summed E-state index contributed by atoms with van der Waals surface area (Å²) in [4.78, 5) is 35.8. The molecule has 10 heteroatoms. The van der Waals surface area contributed by atoms with E-state index in [9.17, 15) is 19.7 Å². The van der Waals surface area contributed by atoms with E-state index in [1.807, 2.05) is 30.3 Å². The molecule has 0 spiro atoms. The zero-order valence-corrected chi connectivity index (χ0v) is 15.8. The maximum absolute atomic E-state index is 13.0. The van der Waals surface area contributed by atoms with E-state index in [0.29, 0.717) is 22.3 Å². The van der Waals surface area contributed by atoms with Gasteiger partial charge in [-0.05, 0) is 25.1 Å². The Balaban J connectivity index is 1.67. The summed E-state index contributed by atoms with van der Waals surface area (Å²) < 4.78 is 2.58. The predicted molar refractivity (Wildman–Crippen MR) is 110 cm³/mol. The van der Waals surface area contributed by atoms with Crippen LogP contribution in [0.1, 0.15) is 5.69 Å². The van der Waals surface area contributed by atoms with Crippen LogP contribution in [0.2, 0.25) is 0 Å². The molecule has 0 aliphatic rings. The molecule has 10 nitrogen and oxygen atoms in total. The number of rotatable bonds is 5. The van der Waals surface area contributed by atoms with E-state index in [1.54, 1.807) is 13.1 Å². The lowest BCUT2D eigenvalue weighted by molar-refractivity contribution is -0.384. The molecule has 4 rings (SSSR count). The first-order chi connectivity index (χ1) is 14.4. The van der Waals surface area contributed by atoms with Gasteiger partial charge in [0.1, 0.15) is 12.1 Å². The molecule has 2 heterocycles. The molecule has 0 saturated heterocycles. The average Bonchev–Trinajstić information content (AvgIpc) is 3.18. The van der Waals surface area contributed by atoms with Gasteiger partial charge in [-0.15, -0.1) is 0 Å². The monoisotopic (exact) mass is 404 g/mol. The third-order valence-corrected chi connectivity index (χ3v) is 4.50. The van der Waals surface area contributed by atoms with Crippen molar-refractivity contribution in [3.05, 3.63) is 87.0 Å². The summed E-state index contributed by atoms with van der Waals surface area (Å²) in [5.74, 6) is -0.533. The van der Waals surface area contributed by atoms with Crippen LogP contribution in [0.25, 0.3) is 16.6 Å². The molecule has 0 aliphatic carbocycles. The fraction of sp³-hybridized carbons (Fsp3) is 0.100. The summed E-state index contributed by atoms with van der Waals surface area (Å²) in [7, 11) is 0. The van der Waals surface area contributed by atoms with Crippen molar-refractivity contribution in [1.29, 1.82) is 0 Å². The smallest absolute Gasteiger partial charge is 0.293 e. The van der Waals surface area contributed by atoms with E-state index in [0.717, 1.165) is 4.68 Å². The minimum atomic E-state index is -0.552. The highest BCUT2D eigenvalue weighted by Crippen LogP contribution is 2.18. The summed E-state index contributed by atoms with van der Waals surface area (Å²) in [5.41, 5.74) is 1.22. The fourth-order valence-corrected chi connectivity index (χ4v) is 3.13. The lowest BCUT2D eigenvalue weighted by Gasteiger charge is -2.09. The molecule has 4 aromatic rings. The number of carbonyl (C=O) groups excluding carboxylic acids is 1. The van der Waals surface area contributed by atoms with Gasteiger partial charge >= 0.3 is 0 Å². The first-order valence-corrected chi connectivity index (χ1v) is 8.99. The molecule has 2 aromatic heterocycles. The topological polar surface area (TPSA) is 125 Å². The van der Waals surface area contributed by atoms with Crippen LogP contribution in [0.3, 0.4) is 0 Å². The number of nitro groups is 1. The number of nitrogens with one attached hydrogen (secondary N) is 1. The van der Waals surface area contributed by atoms with Crippen molar-refractivity contribution in [2.75, 3.05) is 5.32 Å². The predicted octanol–water partition coefficient (Wildman–Crippen LogP) is 2.44. The van der Waals surface area contributed by atoms with Gasteiger partial charge in [0, 0.05) is 23.2 Å². The number of hydrogen-bond acceptors (Lipinski definition) is 6. The molecule has 0 fully saturated rings. The third-order valence-electron chi connectivity index (χ3n) is 4.50. The average molecular weight is 404 g/mol. The van der Waals surface area contributed by atoms with Gasteiger partial charge in [-0.2, -0.15) is 10.2 Å². The molecule has 1 amide bonds. The van der Waals surface area contributed by atoms with Crippen LogP contribution in [0.15, 0.2) is 65.6 Å². The maximum atomic E-state index is 13.0. The number of amides is 1. The second kappa shape index (κ2) is 7.59. The number of hydrogen-bond donors (Lipinski definition) is 1. The number of para-hydroxylation sites is 1. The van der Waals surface area contributed by atoms with E-state index in [4.69, 9.17) is 0 Å². The Morgan fingerprint density at radius 1 is 1.17 bits per heavy atom. The summed E-state index contributed by atoms with van der Waals surface area (Å²) in [6.07, 6.45) is 1.57. The Kier molecular flexibility index (Phi) is 4.80. The van der Waals surface area contributed by atoms with Gasteiger partial charge in [-0.25, -0.2) is 9.36 Å². The molecular formula is C20H16N6O4. The number of non-ortho nitro benzene ring substituents is 1. The second-order valence-electron chi connectivity index (χ2n) is 6.56. The Labute approximate surface area is 169 Å². The number of benzene rings is 2. The van der Waals surface area contributed by atoms with E-state index in [1.165, 1.54) is 28.9 Å². The van der Waals surface area contributed by atoms with Crippen LogP contribution < -0.4 is 10.9 Å². The van der Waals surface area contributed by atoms with Crippen molar-refractivity contribution >= 4 is 28.2 Å². The minimum absolute atomic E-state index is 0.146. The van der Waals surface area contributed by atoms with Crippen molar-refractivity contribution in [1.82, 2.24) is 19.6 Å². The van der Waals surface area contributed by atoms with E-state index in [-0.39, 0.29) is 17.9 Å². The van der Waals surface area contributed by atoms with Crippen molar-refractivity contribution in [3.63, 3.8) is 0 Å². The molecule has 1 N–H and O–H groups in total. The molecule has 0 saturated carbocycles. The van der Waals surface area contributed by atoms with E-state index < -0.39 is 16.4 Å². The number of nitro benzene ring substituents is 1. The summed E-state index contributed by atoms with van der Waals surface area (Å²) in [6.45, 7) is 1.38. The van der Waals surface area contributed by atoms with E-state index >= 15 is 0 Å². The summed E-state index contributed by atoms with van der Waals surface area (Å²) >= 11 is 0. The van der Waals surface area contributed by atoms with Crippen LogP contribution >= 0.6 is 0 Å². The number of fused-ring (bicyclic) bond motifs is 1. The standard InChI is InChI=1S/C20H16N6O4/c1-13-17-11-21-25(15-7-3-2-4-8-15)19(17)20(28)24(23-13)12-18(27)22-14-6-5-9-16(10-14)26(29)30/h2-11H,12H2,1H3,(H,22,27). The largest absolute Gasteiger partial charge is 0.324 e. The normalized spacial score (nSPS) is 10.8. The quantitative estimate of drug-likeness (QED) is 0.402. The zero-order chi connectivity index (χ0) is 21.3. The highest BCUT2D eigenvalue weighted by atomic mass is 16.6. The van der Waals surface area contributed by atoms with Crippen LogP contribution in [-0.4, -0.2) is 30.4 Å². The SMILES string of the molecule is Cc1nn(CC(=O)Nc2cccc([N+](=O)[O-])c2)c(=O)c2c1cnn2-c1ccccc1. The third kappa shape index (κ3) is 3.53.